The van der Waals surface area contributed by atoms with E-state index in [-0.39, 0.29) is 12.1 Å². The lowest BCUT2D eigenvalue weighted by Gasteiger charge is -2.22. The van der Waals surface area contributed by atoms with Crippen LogP contribution in [0.2, 0.25) is 0 Å². The first-order chi connectivity index (χ1) is 10.0. The van der Waals surface area contributed by atoms with Gasteiger partial charge in [0.1, 0.15) is 5.75 Å². The molecule has 1 N–H and O–H groups in total. The van der Waals surface area contributed by atoms with Crippen molar-refractivity contribution in [3.8, 4) is 5.75 Å². The minimum atomic E-state index is 0.0960. The predicted octanol–water partition coefficient (Wildman–Crippen LogP) is 3.21. The first-order valence-corrected chi connectivity index (χ1v) is 7.52. The Balaban J connectivity index is 2.45. The topological polar surface area (TPSA) is 39.1 Å². The lowest BCUT2D eigenvalue weighted by molar-refractivity contribution is 0.238. The molecule has 1 aromatic heterocycles. The molecule has 0 saturated carbocycles. The van der Waals surface area contributed by atoms with Crippen LogP contribution in [0.4, 0.5) is 0 Å². The second kappa shape index (κ2) is 6.76. The summed E-state index contributed by atoms with van der Waals surface area (Å²) in [6.45, 7) is 9.20. The van der Waals surface area contributed by atoms with Crippen LogP contribution in [0, 0.1) is 6.92 Å². The molecule has 4 nitrogen and oxygen atoms in total. The molecule has 2 rings (SSSR count). The van der Waals surface area contributed by atoms with Crippen LogP contribution in [0.5, 0.6) is 5.75 Å². The highest BCUT2D eigenvalue weighted by molar-refractivity contribution is 5.42. The van der Waals surface area contributed by atoms with Gasteiger partial charge < -0.3 is 10.1 Å². The van der Waals surface area contributed by atoms with E-state index in [0.29, 0.717) is 0 Å². The molecule has 2 aromatic rings. The fraction of sp³-hybridized carbons (Fsp3) is 0.471. The Bertz CT molecular complexity index is 589. The van der Waals surface area contributed by atoms with Crippen LogP contribution < -0.4 is 10.1 Å². The number of nitrogens with zero attached hydrogens (tertiary/aromatic N) is 2. The van der Waals surface area contributed by atoms with Gasteiger partial charge in [-0.1, -0.05) is 25.1 Å². The summed E-state index contributed by atoms with van der Waals surface area (Å²) in [5.74, 6) is 0.932. The predicted molar refractivity (Wildman–Crippen MR) is 85.7 cm³/mol. The Morgan fingerprint density at radius 1 is 1.24 bits per heavy atom. The van der Waals surface area contributed by atoms with Crippen molar-refractivity contribution in [1.82, 2.24) is 15.1 Å². The van der Waals surface area contributed by atoms with E-state index >= 15 is 0 Å². The van der Waals surface area contributed by atoms with Crippen LogP contribution in [0.3, 0.4) is 0 Å². The van der Waals surface area contributed by atoms with Gasteiger partial charge in [0, 0.05) is 23.9 Å². The van der Waals surface area contributed by atoms with Crippen LogP contribution in [-0.2, 0) is 7.05 Å². The molecule has 1 unspecified atom stereocenters. The molecular weight excluding hydrogens is 262 g/mol. The molecule has 0 aliphatic rings. The maximum Gasteiger partial charge on any atom is 0.124 e. The van der Waals surface area contributed by atoms with Gasteiger partial charge in [-0.15, -0.1) is 0 Å². The maximum absolute atomic E-state index is 5.97. The van der Waals surface area contributed by atoms with Crippen molar-refractivity contribution in [3.05, 3.63) is 47.3 Å². The summed E-state index contributed by atoms with van der Waals surface area (Å²) >= 11 is 0. The van der Waals surface area contributed by atoms with E-state index in [1.165, 1.54) is 11.3 Å². The monoisotopic (exact) mass is 287 g/mol. The molecule has 0 amide bonds. The lowest BCUT2D eigenvalue weighted by atomic mass is 9.98. The summed E-state index contributed by atoms with van der Waals surface area (Å²) in [5.41, 5.74) is 3.52. The molecule has 0 saturated heterocycles. The third-order valence-electron chi connectivity index (χ3n) is 3.59. The zero-order chi connectivity index (χ0) is 15.4. The minimum absolute atomic E-state index is 0.0960. The van der Waals surface area contributed by atoms with Crippen molar-refractivity contribution in [2.45, 2.75) is 39.8 Å². The van der Waals surface area contributed by atoms with E-state index in [1.807, 2.05) is 43.9 Å². The Morgan fingerprint density at radius 2 is 1.95 bits per heavy atom. The summed E-state index contributed by atoms with van der Waals surface area (Å²) in [6, 6.07) is 8.32. The molecule has 0 aliphatic carbocycles. The number of benzene rings is 1. The van der Waals surface area contributed by atoms with E-state index in [9.17, 15) is 0 Å². The Morgan fingerprint density at radius 3 is 2.52 bits per heavy atom. The highest BCUT2D eigenvalue weighted by Gasteiger charge is 2.21. The smallest absolute Gasteiger partial charge is 0.124 e. The van der Waals surface area contributed by atoms with Crippen LogP contribution in [-0.4, -0.2) is 22.4 Å². The largest absolute Gasteiger partial charge is 0.491 e. The standard InChI is InChI=1S/C17H25N3O/c1-6-18-17(15-11-19-20(5)13(15)4)14-9-7-8-10-16(14)21-12(2)3/h7-12,17-18H,6H2,1-5H3. The highest BCUT2D eigenvalue weighted by Crippen LogP contribution is 2.31. The van der Waals surface area contributed by atoms with Crippen LogP contribution in [0.25, 0.3) is 0 Å². The Hall–Kier alpha value is -1.81. The second-order valence-electron chi connectivity index (χ2n) is 5.50. The van der Waals surface area contributed by atoms with Crippen molar-refractivity contribution in [2.75, 3.05) is 6.54 Å². The van der Waals surface area contributed by atoms with Crippen molar-refractivity contribution < 1.29 is 4.74 Å². The minimum Gasteiger partial charge on any atom is -0.491 e. The van der Waals surface area contributed by atoms with E-state index in [4.69, 9.17) is 4.74 Å². The quantitative estimate of drug-likeness (QED) is 0.886. The third-order valence-corrected chi connectivity index (χ3v) is 3.59. The van der Waals surface area contributed by atoms with Gasteiger partial charge in [0.2, 0.25) is 0 Å². The van der Waals surface area contributed by atoms with Gasteiger partial charge in [-0.2, -0.15) is 5.10 Å². The van der Waals surface area contributed by atoms with Gasteiger partial charge in [-0.05, 0) is 33.4 Å². The van der Waals surface area contributed by atoms with Gasteiger partial charge in [0.15, 0.2) is 0 Å². The molecule has 0 spiro atoms. The summed E-state index contributed by atoms with van der Waals surface area (Å²) in [4.78, 5) is 0. The number of aromatic nitrogens is 2. The van der Waals surface area contributed by atoms with Crippen molar-refractivity contribution in [1.29, 1.82) is 0 Å². The average Bonchev–Trinajstić information content (AvgIpc) is 2.77. The molecule has 1 aromatic carbocycles. The van der Waals surface area contributed by atoms with Gasteiger partial charge in [-0.3, -0.25) is 4.68 Å². The van der Waals surface area contributed by atoms with Gasteiger partial charge >= 0.3 is 0 Å². The molecule has 114 valence electrons. The van der Waals surface area contributed by atoms with E-state index < -0.39 is 0 Å². The maximum atomic E-state index is 5.97. The number of ether oxygens (including phenoxy) is 1. The fourth-order valence-corrected chi connectivity index (χ4v) is 2.47. The molecule has 0 radical (unpaired) electrons. The Labute approximate surface area is 127 Å². The van der Waals surface area contributed by atoms with Crippen LogP contribution >= 0.6 is 0 Å². The molecular formula is C17H25N3O. The number of hydrogen-bond acceptors (Lipinski definition) is 3. The van der Waals surface area contributed by atoms with Gasteiger partial charge in [0.25, 0.3) is 0 Å². The van der Waals surface area contributed by atoms with E-state index in [2.05, 4.69) is 36.4 Å². The zero-order valence-electron chi connectivity index (χ0n) is 13.6. The number of para-hydroxylation sites is 1. The number of nitrogens with one attached hydrogen (secondary N) is 1. The van der Waals surface area contributed by atoms with Crippen LogP contribution in [0.1, 0.15) is 43.6 Å². The fourth-order valence-electron chi connectivity index (χ4n) is 2.47. The van der Waals surface area contributed by atoms with E-state index in [0.717, 1.165) is 17.9 Å². The number of hydrogen-bond donors (Lipinski definition) is 1. The summed E-state index contributed by atoms with van der Waals surface area (Å²) < 4.78 is 7.88. The summed E-state index contributed by atoms with van der Waals surface area (Å²) in [7, 11) is 1.97. The first-order valence-electron chi connectivity index (χ1n) is 7.52. The SMILES string of the molecule is CCNC(c1ccccc1OC(C)C)c1cnn(C)c1C. The first kappa shape index (κ1) is 15.6. The molecule has 1 atom stereocenters. The molecule has 0 fully saturated rings. The lowest BCUT2D eigenvalue weighted by Crippen LogP contribution is -2.23. The van der Waals surface area contributed by atoms with E-state index in [1.54, 1.807) is 0 Å². The van der Waals surface area contributed by atoms with Crippen molar-refractivity contribution >= 4 is 0 Å². The average molecular weight is 287 g/mol. The van der Waals surface area contributed by atoms with Crippen molar-refractivity contribution in [2.24, 2.45) is 7.05 Å². The van der Waals surface area contributed by atoms with Gasteiger partial charge in [-0.25, -0.2) is 0 Å². The highest BCUT2D eigenvalue weighted by atomic mass is 16.5. The zero-order valence-corrected chi connectivity index (χ0v) is 13.6. The normalized spacial score (nSPS) is 12.7. The van der Waals surface area contributed by atoms with Crippen LogP contribution in [0.15, 0.2) is 30.5 Å². The molecule has 4 heteroatoms. The number of rotatable bonds is 6. The van der Waals surface area contributed by atoms with Gasteiger partial charge in [0.05, 0.1) is 18.3 Å². The van der Waals surface area contributed by atoms with Crippen molar-refractivity contribution in [3.63, 3.8) is 0 Å². The summed E-state index contributed by atoms with van der Waals surface area (Å²) in [6.07, 6.45) is 2.10. The number of aryl methyl sites for hydroxylation is 1. The molecule has 0 bridgehead atoms. The third kappa shape index (κ3) is 3.45. The Kier molecular flexibility index (Phi) is 5.02. The molecule has 0 aliphatic heterocycles. The summed E-state index contributed by atoms with van der Waals surface area (Å²) in [5, 5.41) is 7.92. The molecule has 21 heavy (non-hydrogen) atoms. The molecule has 1 heterocycles. The second-order valence-corrected chi connectivity index (χ2v) is 5.50.